The highest BCUT2D eigenvalue weighted by molar-refractivity contribution is 9.10. The van der Waals surface area contributed by atoms with Gasteiger partial charge in [-0.05, 0) is 54.8 Å². The van der Waals surface area contributed by atoms with Gasteiger partial charge in [0, 0.05) is 11.0 Å². The lowest BCUT2D eigenvalue weighted by Crippen LogP contribution is -1.97. The Balaban J connectivity index is 2.33. The number of aryl methyl sites for hydroxylation is 2. The van der Waals surface area contributed by atoms with Crippen LogP contribution in [0.3, 0.4) is 0 Å². The van der Waals surface area contributed by atoms with Crippen molar-refractivity contribution in [1.29, 1.82) is 0 Å². The van der Waals surface area contributed by atoms with Crippen LogP contribution in [0.2, 0.25) is 0 Å². The average molecular weight is 306 g/mol. The molecule has 94 valence electrons. The van der Waals surface area contributed by atoms with Crippen molar-refractivity contribution in [2.75, 3.05) is 0 Å². The number of ether oxygens (including phenoxy) is 1. The fraction of sp³-hybridized carbons (Fsp3) is 0.200. The molecule has 0 saturated heterocycles. The van der Waals surface area contributed by atoms with E-state index in [2.05, 4.69) is 35.0 Å². The summed E-state index contributed by atoms with van der Waals surface area (Å²) >= 11 is 3.46. The van der Waals surface area contributed by atoms with Gasteiger partial charge in [-0.2, -0.15) is 0 Å². The largest absolute Gasteiger partial charge is 0.457 e. The average Bonchev–Trinajstić information content (AvgIpc) is 2.33. The molecule has 3 heteroatoms. The highest BCUT2D eigenvalue weighted by Gasteiger charge is 2.04. The Hall–Kier alpha value is -1.32. The molecule has 0 radical (unpaired) electrons. The van der Waals surface area contributed by atoms with Gasteiger partial charge in [0.1, 0.15) is 11.5 Å². The van der Waals surface area contributed by atoms with Crippen LogP contribution < -0.4 is 10.5 Å². The molecule has 0 aromatic heterocycles. The van der Waals surface area contributed by atoms with Gasteiger partial charge < -0.3 is 10.5 Å². The van der Waals surface area contributed by atoms with Crippen molar-refractivity contribution >= 4 is 15.9 Å². The maximum Gasteiger partial charge on any atom is 0.130 e. The van der Waals surface area contributed by atoms with E-state index >= 15 is 0 Å². The minimum Gasteiger partial charge on any atom is -0.457 e. The molecule has 2 rings (SSSR count). The molecule has 0 heterocycles. The van der Waals surface area contributed by atoms with Gasteiger partial charge in [0.25, 0.3) is 0 Å². The first kappa shape index (κ1) is 13.1. The zero-order valence-electron chi connectivity index (χ0n) is 10.5. The lowest BCUT2D eigenvalue weighted by molar-refractivity contribution is 0.477. The molecular weight excluding hydrogens is 290 g/mol. The lowest BCUT2D eigenvalue weighted by Gasteiger charge is -2.11. The van der Waals surface area contributed by atoms with Gasteiger partial charge in [0.05, 0.1) is 0 Å². The normalized spacial score (nSPS) is 10.4. The molecule has 2 aromatic carbocycles. The molecule has 0 aliphatic heterocycles. The molecule has 0 spiro atoms. The fourth-order valence-electron chi connectivity index (χ4n) is 1.74. The summed E-state index contributed by atoms with van der Waals surface area (Å²) in [6.45, 7) is 4.59. The van der Waals surface area contributed by atoms with Crippen LogP contribution in [0.5, 0.6) is 11.5 Å². The van der Waals surface area contributed by atoms with Gasteiger partial charge in [-0.1, -0.05) is 28.1 Å². The molecule has 0 amide bonds. The molecule has 2 aromatic rings. The van der Waals surface area contributed by atoms with Gasteiger partial charge >= 0.3 is 0 Å². The standard InChI is InChI=1S/C15H16BrNO/c1-10-3-4-11(2)15(5-10)18-14-7-12(9-17)6-13(16)8-14/h3-8H,9,17H2,1-2H3. The van der Waals surface area contributed by atoms with Gasteiger partial charge in [0.15, 0.2) is 0 Å². The summed E-state index contributed by atoms with van der Waals surface area (Å²) in [6, 6.07) is 12.1. The number of benzene rings is 2. The summed E-state index contributed by atoms with van der Waals surface area (Å²) in [4.78, 5) is 0. The minimum atomic E-state index is 0.503. The fourth-order valence-corrected chi connectivity index (χ4v) is 2.26. The maximum absolute atomic E-state index is 5.93. The molecule has 0 aliphatic carbocycles. The van der Waals surface area contributed by atoms with E-state index in [1.54, 1.807) is 0 Å². The summed E-state index contributed by atoms with van der Waals surface area (Å²) in [5.74, 6) is 1.69. The second-order valence-corrected chi connectivity index (χ2v) is 5.29. The molecule has 18 heavy (non-hydrogen) atoms. The minimum absolute atomic E-state index is 0.503. The van der Waals surface area contributed by atoms with Crippen LogP contribution >= 0.6 is 15.9 Å². The van der Waals surface area contributed by atoms with E-state index in [9.17, 15) is 0 Å². The van der Waals surface area contributed by atoms with Crippen LogP contribution in [0.15, 0.2) is 40.9 Å². The third-order valence-electron chi connectivity index (χ3n) is 2.74. The molecule has 0 unspecified atom stereocenters. The van der Waals surface area contributed by atoms with Crippen LogP contribution in [-0.4, -0.2) is 0 Å². The van der Waals surface area contributed by atoms with Crippen LogP contribution in [0.25, 0.3) is 0 Å². The Morgan fingerprint density at radius 2 is 1.89 bits per heavy atom. The van der Waals surface area contributed by atoms with E-state index in [1.807, 2.05) is 31.2 Å². The van der Waals surface area contributed by atoms with E-state index < -0.39 is 0 Å². The van der Waals surface area contributed by atoms with Gasteiger partial charge in [-0.25, -0.2) is 0 Å². The summed E-state index contributed by atoms with van der Waals surface area (Å²) in [7, 11) is 0. The number of rotatable bonds is 3. The molecular formula is C15H16BrNO. The van der Waals surface area contributed by atoms with Crippen molar-refractivity contribution in [2.45, 2.75) is 20.4 Å². The van der Waals surface area contributed by atoms with E-state index in [0.29, 0.717) is 6.54 Å². The van der Waals surface area contributed by atoms with Crippen LogP contribution in [0.1, 0.15) is 16.7 Å². The quantitative estimate of drug-likeness (QED) is 0.916. The first-order valence-electron chi connectivity index (χ1n) is 5.83. The van der Waals surface area contributed by atoms with Gasteiger partial charge in [0.2, 0.25) is 0 Å². The highest BCUT2D eigenvalue weighted by Crippen LogP contribution is 2.29. The van der Waals surface area contributed by atoms with E-state index in [1.165, 1.54) is 5.56 Å². The summed E-state index contributed by atoms with van der Waals surface area (Å²) < 4.78 is 6.91. The summed E-state index contributed by atoms with van der Waals surface area (Å²) in [5.41, 5.74) is 9.01. The number of hydrogen-bond acceptors (Lipinski definition) is 2. The molecule has 0 atom stereocenters. The molecule has 2 N–H and O–H groups in total. The van der Waals surface area contributed by atoms with Crippen molar-refractivity contribution in [1.82, 2.24) is 0 Å². The highest BCUT2D eigenvalue weighted by atomic mass is 79.9. The van der Waals surface area contributed by atoms with Crippen molar-refractivity contribution in [3.8, 4) is 11.5 Å². The predicted octanol–water partition coefficient (Wildman–Crippen LogP) is 4.32. The molecule has 0 fully saturated rings. The van der Waals surface area contributed by atoms with Crippen LogP contribution in [0, 0.1) is 13.8 Å². The molecule has 0 saturated carbocycles. The number of hydrogen-bond donors (Lipinski definition) is 1. The maximum atomic E-state index is 5.93. The zero-order chi connectivity index (χ0) is 13.1. The molecule has 0 aliphatic rings. The van der Waals surface area contributed by atoms with Crippen molar-refractivity contribution in [3.63, 3.8) is 0 Å². The number of halogens is 1. The SMILES string of the molecule is Cc1ccc(C)c(Oc2cc(Br)cc(CN)c2)c1. The smallest absolute Gasteiger partial charge is 0.130 e. The van der Waals surface area contributed by atoms with Crippen molar-refractivity contribution < 1.29 is 4.74 Å². The first-order chi connectivity index (χ1) is 8.58. The Morgan fingerprint density at radius 3 is 2.61 bits per heavy atom. The third kappa shape index (κ3) is 3.12. The summed E-state index contributed by atoms with van der Waals surface area (Å²) in [5, 5.41) is 0. The van der Waals surface area contributed by atoms with Crippen LogP contribution in [-0.2, 0) is 6.54 Å². The second-order valence-electron chi connectivity index (χ2n) is 4.37. The Labute approximate surface area is 116 Å². The third-order valence-corrected chi connectivity index (χ3v) is 3.20. The lowest BCUT2D eigenvalue weighted by atomic mass is 10.1. The monoisotopic (exact) mass is 305 g/mol. The topological polar surface area (TPSA) is 35.2 Å². The Kier molecular flexibility index (Phi) is 4.04. The van der Waals surface area contributed by atoms with E-state index in [-0.39, 0.29) is 0 Å². The molecule has 0 bridgehead atoms. The van der Waals surface area contributed by atoms with Crippen molar-refractivity contribution in [2.24, 2.45) is 5.73 Å². The number of nitrogens with two attached hydrogens (primary N) is 1. The van der Waals surface area contributed by atoms with Crippen LogP contribution in [0.4, 0.5) is 0 Å². The summed E-state index contributed by atoms with van der Waals surface area (Å²) in [6.07, 6.45) is 0. The second kappa shape index (κ2) is 5.55. The Morgan fingerprint density at radius 1 is 1.11 bits per heavy atom. The van der Waals surface area contributed by atoms with E-state index in [4.69, 9.17) is 10.5 Å². The van der Waals surface area contributed by atoms with Gasteiger partial charge in [-0.3, -0.25) is 0 Å². The van der Waals surface area contributed by atoms with Gasteiger partial charge in [-0.15, -0.1) is 0 Å². The van der Waals surface area contributed by atoms with E-state index in [0.717, 1.165) is 27.1 Å². The van der Waals surface area contributed by atoms with Crippen molar-refractivity contribution in [3.05, 3.63) is 57.6 Å². The predicted molar refractivity (Wildman–Crippen MR) is 78.0 cm³/mol. The first-order valence-corrected chi connectivity index (χ1v) is 6.62. The molecule has 2 nitrogen and oxygen atoms in total. The Bertz CT molecular complexity index is 566. The zero-order valence-corrected chi connectivity index (χ0v) is 12.1.